The number of pyridine rings is 1. The second-order valence-electron chi connectivity index (χ2n) is 4.08. The Morgan fingerprint density at radius 1 is 1.26 bits per heavy atom. The van der Waals surface area contributed by atoms with E-state index in [0.717, 1.165) is 11.3 Å². The third-order valence-corrected chi connectivity index (χ3v) is 2.73. The molecule has 2 rings (SSSR count). The molecule has 0 bridgehead atoms. The van der Waals surface area contributed by atoms with Crippen LogP contribution < -0.4 is 15.6 Å². The number of aromatic nitrogens is 1. The van der Waals surface area contributed by atoms with E-state index in [1.165, 1.54) is 18.3 Å². The number of carbonyl (C=O) groups is 1. The first-order valence-corrected chi connectivity index (χ1v) is 5.75. The number of aromatic amines is 1. The van der Waals surface area contributed by atoms with Crippen LogP contribution in [0.2, 0.25) is 0 Å². The summed E-state index contributed by atoms with van der Waals surface area (Å²) >= 11 is 0. The Balaban J connectivity index is 2.19. The van der Waals surface area contributed by atoms with E-state index in [1.807, 2.05) is 13.0 Å². The summed E-state index contributed by atoms with van der Waals surface area (Å²) in [7, 11) is 1.59. The number of benzene rings is 1. The summed E-state index contributed by atoms with van der Waals surface area (Å²) in [6.07, 6.45) is 1.39. The molecule has 0 aliphatic heterocycles. The maximum atomic E-state index is 12.0. The molecule has 1 aromatic carbocycles. The quantitative estimate of drug-likeness (QED) is 0.883. The minimum atomic E-state index is -0.274. The van der Waals surface area contributed by atoms with Gasteiger partial charge in [-0.2, -0.15) is 0 Å². The molecule has 1 heterocycles. The lowest BCUT2D eigenvalue weighted by Crippen LogP contribution is -2.15. The van der Waals surface area contributed by atoms with Crippen molar-refractivity contribution in [1.29, 1.82) is 0 Å². The largest absolute Gasteiger partial charge is 0.497 e. The number of aryl methyl sites for hydroxylation is 1. The summed E-state index contributed by atoms with van der Waals surface area (Å²) < 4.78 is 5.10. The average Bonchev–Trinajstić information content (AvgIpc) is 2.41. The summed E-state index contributed by atoms with van der Waals surface area (Å²) in [5, 5.41) is 2.78. The summed E-state index contributed by atoms with van der Waals surface area (Å²) in [6, 6.07) is 8.18. The summed E-state index contributed by atoms with van der Waals surface area (Å²) in [5.41, 5.74) is 1.76. The number of carbonyl (C=O) groups excluding carboxylic acids is 1. The molecule has 0 saturated heterocycles. The highest BCUT2D eigenvalue weighted by atomic mass is 16.5. The Kier molecular flexibility index (Phi) is 3.66. The first-order chi connectivity index (χ1) is 9.10. The van der Waals surface area contributed by atoms with Gasteiger partial charge in [0.1, 0.15) is 5.75 Å². The molecule has 0 unspecified atom stereocenters. The monoisotopic (exact) mass is 258 g/mol. The fourth-order valence-electron chi connectivity index (χ4n) is 1.65. The molecule has 2 N–H and O–H groups in total. The van der Waals surface area contributed by atoms with E-state index in [1.54, 1.807) is 19.2 Å². The number of H-pyrrole nitrogens is 1. The van der Waals surface area contributed by atoms with Gasteiger partial charge < -0.3 is 15.0 Å². The molecule has 5 heteroatoms. The first kappa shape index (κ1) is 12.9. The van der Waals surface area contributed by atoms with Crippen molar-refractivity contribution in [2.45, 2.75) is 6.92 Å². The molecule has 0 atom stereocenters. The maximum Gasteiger partial charge on any atom is 0.257 e. The summed E-state index contributed by atoms with van der Waals surface area (Å²) in [4.78, 5) is 25.4. The zero-order valence-corrected chi connectivity index (χ0v) is 10.7. The van der Waals surface area contributed by atoms with Gasteiger partial charge in [-0.15, -0.1) is 0 Å². The number of anilines is 1. The van der Waals surface area contributed by atoms with Gasteiger partial charge in [-0.25, -0.2) is 0 Å². The fourth-order valence-corrected chi connectivity index (χ4v) is 1.65. The Hall–Kier alpha value is -2.56. The highest BCUT2D eigenvalue weighted by molar-refractivity contribution is 6.04. The maximum absolute atomic E-state index is 12.0. The van der Waals surface area contributed by atoms with Crippen molar-refractivity contribution in [2.75, 3.05) is 12.4 Å². The van der Waals surface area contributed by atoms with Gasteiger partial charge >= 0.3 is 0 Å². The molecule has 0 aliphatic carbocycles. The van der Waals surface area contributed by atoms with Crippen molar-refractivity contribution in [2.24, 2.45) is 0 Å². The lowest BCUT2D eigenvalue weighted by atomic mass is 10.1. The van der Waals surface area contributed by atoms with Gasteiger partial charge in [-0.1, -0.05) is 0 Å². The van der Waals surface area contributed by atoms with Crippen LogP contribution in [0.15, 0.2) is 41.3 Å². The van der Waals surface area contributed by atoms with Gasteiger partial charge in [0.2, 0.25) is 5.56 Å². The highest BCUT2D eigenvalue weighted by Crippen LogP contribution is 2.21. The van der Waals surface area contributed by atoms with Crippen LogP contribution in [-0.4, -0.2) is 18.0 Å². The van der Waals surface area contributed by atoms with Crippen LogP contribution in [0.25, 0.3) is 0 Å². The zero-order chi connectivity index (χ0) is 13.8. The van der Waals surface area contributed by atoms with Gasteiger partial charge in [0.25, 0.3) is 5.91 Å². The minimum Gasteiger partial charge on any atom is -0.497 e. The molecule has 0 fully saturated rings. The van der Waals surface area contributed by atoms with E-state index < -0.39 is 0 Å². The van der Waals surface area contributed by atoms with Crippen LogP contribution in [0.4, 0.5) is 5.69 Å². The summed E-state index contributed by atoms with van der Waals surface area (Å²) in [5.74, 6) is 0.462. The van der Waals surface area contributed by atoms with Crippen LogP contribution in [0.3, 0.4) is 0 Å². The van der Waals surface area contributed by atoms with Crippen molar-refractivity contribution in [3.63, 3.8) is 0 Å². The van der Waals surface area contributed by atoms with Gasteiger partial charge in [-0.05, 0) is 36.8 Å². The van der Waals surface area contributed by atoms with Crippen molar-refractivity contribution >= 4 is 11.6 Å². The van der Waals surface area contributed by atoms with E-state index in [-0.39, 0.29) is 11.5 Å². The molecule has 2 aromatic rings. The normalized spacial score (nSPS) is 10.0. The van der Waals surface area contributed by atoms with Crippen molar-refractivity contribution in [3.8, 4) is 5.75 Å². The highest BCUT2D eigenvalue weighted by Gasteiger charge is 2.08. The third-order valence-electron chi connectivity index (χ3n) is 2.73. The second-order valence-corrected chi connectivity index (χ2v) is 4.08. The molecule has 1 aromatic heterocycles. The first-order valence-electron chi connectivity index (χ1n) is 5.75. The van der Waals surface area contributed by atoms with Gasteiger partial charge in [-0.3, -0.25) is 9.59 Å². The Bertz CT molecular complexity index is 641. The number of rotatable bonds is 3. The van der Waals surface area contributed by atoms with E-state index >= 15 is 0 Å². The number of hydrogen-bond acceptors (Lipinski definition) is 3. The lowest BCUT2D eigenvalue weighted by Gasteiger charge is -2.09. The Morgan fingerprint density at radius 2 is 2.05 bits per heavy atom. The molecule has 5 nitrogen and oxygen atoms in total. The van der Waals surface area contributed by atoms with Gasteiger partial charge in [0, 0.05) is 18.0 Å². The van der Waals surface area contributed by atoms with E-state index in [4.69, 9.17) is 4.74 Å². The molecular formula is C14H14N2O3. The Morgan fingerprint density at radius 3 is 2.63 bits per heavy atom. The van der Waals surface area contributed by atoms with Crippen LogP contribution in [-0.2, 0) is 0 Å². The fraction of sp³-hybridized carbons (Fsp3) is 0.143. The van der Waals surface area contributed by atoms with Crippen molar-refractivity contribution in [3.05, 3.63) is 58.0 Å². The van der Waals surface area contributed by atoms with Crippen LogP contribution in [0, 0.1) is 6.92 Å². The predicted molar refractivity (Wildman–Crippen MR) is 72.7 cm³/mol. The lowest BCUT2D eigenvalue weighted by molar-refractivity contribution is 0.102. The molecule has 0 spiro atoms. The SMILES string of the molecule is COc1ccc(NC(=O)c2ccc(=O)[nH]c2)c(C)c1. The molecule has 19 heavy (non-hydrogen) atoms. The number of hydrogen-bond donors (Lipinski definition) is 2. The average molecular weight is 258 g/mol. The van der Waals surface area contributed by atoms with Crippen molar-refractivity contribution < 1.29 is 9.53 Å². The van der Waals surface area contributed by atoms with Crippen LogP contribution in [0.1, 0.15) is 15.9 Å². The zero-order valence-electron chi connectivity index (χ0n) is 10.7. The van der Waals surface area contributed by atoms with E-state index in [9.17, 15) is 9.59 Å². The predicted octanol–water partition coefficient (Wildman–Crippen LogP) is 1.94. The molecular weight excluding hydrogens is 244 g/mol. The molecule has 0 aliphatic rings. The standard InChI is InChI=1S/C14H14N2O3/c1-9-7-11(19-2)4-5-12(9)16-14(18)10-3-6-13(17)15-8-10/h3-8H,1-2H3,(H,15,17)(H,16,18). The van der Waals surface area contributed by atoms with Crippen LogP contribution >= 0.6 is 0 Å². The van der Waals surface area contributed by atoms with Crippen LogP contribution in [0.5, 0.6) is 5.75 Å². The van der Waals surface area contributed by atoms with E-state index in [2.05, 4.69) is 10.3 Å². The molecule has 1 amide bonds. The smallest absolute Gasteiger partial charge is 0.257 e. The third kappa shape index (κ3) is 3.01. The van der Waals surface area contributed by atoms with Gasteiger partial charge in [0.05, 0.1) is 12.7 Å². The summed E-state index contributed by atoms with van der Waals surface area (Å²) in [6.45, 7) is 1.88. The second kappa shape index (κ2) is 5.39. The topological polar surface area (TPSA) is 71.2 Å². The molecule has 0 saturated carbocycles. The number of methoxy groups -OCH3 is 1. The number of nitrogens with one attached hydrogen (secondary N) is 2. The van der Waals surface area contributed by atoms with Crippen molar-refractivity contribution in [1.82, 2.24) is 4.98 Å². The number of amides is 1. The Labute approximate surface area is 110 Å². The molecule has 98 valence electrons. The van der Waals surface area contributed by atoms with Gasteiger partial charge in [0.15, 0.2) is 0 Å². The molecule has 0 radical (unpaired) electrons. The minimum absolute atomic E-state index is 0.239. The number of ether oxygens (including phenoxy) is 1. The van der Waals surface area contributed by atoms with E-state index in [0.29, 0.717) is 11.3 Å².